The minimum Gasteiger partial charge on any atom is -0.494 e. The van der Waals surface area contributed by atoms with Gasteiger partial charge in [0.2, 0.25) is 0 Å². The highest BCUT2D eigenvalue weighted by Gasteiger charge is 2.23. The number of benzene rings is 3. The number of ether oxygens (including phenoxy) is 3. The van der Waals surface area contributed by atoms with Crippen LogP contribution in [0.1, 0.15) is 12.5 Å². The van der Waals surface area contributed by atoms with Crippen molar-refractivity contribution in [2.45, 2.75) is 13.8 Å². The molecule has 0 unspecified atom stereocenters. The molecule has 33 heavy (non-hydrogen) atoms. The third kappa shape index (κ3) is 5.22. The van der Waals surface area contributed by atoms with Crippen LogP contribution in [-0.4, -0.2) is 33.3 Å². The Morgan fingerprint density at radius 1 is 1.03 bits per heavy atom. The summed E-state index contributed by atoms with van der Waals surface area (Å²) >= 11 is 0. The van der Waals surface area contributed by atoms with E-state index in [1.54, 1.807) is 38.1 Å². The summed E-state index contributed by atoms with van der Waals surface area (Å²) in [6.45, 7) is 3.06. The fourth-order valence-corrected chi connectivity index (χ4v) is 3.51. The van der Waals surface area contributed by atoms with Crippen molar-refractivity contribution in [3.8, 4) is 22.6 Å². The normalized spacial score (nSPS) is 10.6. The highest BCUT2D eigenvalue weighted by Crippen LogP contribution is 2.42. The lowest BCUT2D eigenvalue weighted by Crippen LogP contribution is -2.18. The van der Waals surface area contributed by atoms with Gasteiger partial charge in [-0.25, -0.2) is 18.0 Å². The minimum absolute atomic E-state index is 0.156. The second-order valence-corrected chi connectivity index (χ2v) is 7.22. The molecule has 0 aliphatic rings. The molecule has 0 radical (unpaired) electrons. The molecule has 0 aliphatic carbocycles. The van der Waals surface area contributed by atoms with Crippen LogP contribution in [0.2, 0.25) is 0 Å². The van der Waals surface area contributed by atoms with Gasteiger partial charge in [0, 0.05) is 7.05 Å². The zero-order chi connectivity index (χ0) is 24.1. The van der Waals surface area contributed by atoms with E-state index < -0.39 is 35.7 Å². The minimum atomic E-state index is -0.988. The topological polar surface area (TPSA) is 48.0 Å². The Hall–Kier alpha value is -3.68. The van der Waals surface area contributed by atoms with Crippen LogP contribution in [0.25, 0.3) is 11.1 Å². The molecule has 0 amide bonds. The summed E-state index contributed by atoms with van der Waals surface area (Å²) in [5.41, 5.74) is 1.90. The van der Waals surface area contributed by atoms with E-state index in [4.69, 9.17) is 14.2 Å². The molecule has 0 N–H and O–H groups in total. The van der Waals surface area contributed by atoms with E-state index >= 15 is 4.39 Å². The number of anilines is 2. The molecule has 0 fully saturated rings. The average molecular weight is 459 g/mol. The fraction of sp³-hybridized carbons (Fsp3) is 0.240. The molecule has 0 heterocycles. The highest BCUT2D eigenvalue weighted by molar-refractivity contribution is 5.79. The lowest BCUT2D eigenvalue weighted by atomic mass is 10.0. The zero-order valence-electron chi connectivity index (χ0n) is 18.7. The van der Waals surface area contributed by atoms with E-state index in [1.807, 2.05) is 0 Å². The van der Waals surface area contributed by atoms with E-state index in [0.29, 0.717) is 28.1 Å². The van der Waals surface area contributed by atoms with Gasteiger partial charge < -0.3 is 19.1 Å². The Kier molecular flexibility index (Phi) is 7.48. The van der Waals surface area contributed by atoms with Crippen LogP contribution in [0.3, 0.4) is 0 Å². The molecule has 0 aromatic heterocycles. The van der Waals surface area contributed by atoms with Crippen LogP contribution in [0.4, 0.5) is 24.5 Å². The van der Waals surface area contributed by atoms with Gasteiger partial charge in [0.25, 0.3) is 0 Å². The number of aryl methyl sites for hydroxylation is 1. The monoisotopic (exact) mass is 459 g/mol. The van der Waals surface area contributed by atoms with Gasteiger partial charge in [0.1, 0.15) is 23.1 Å². The Balaban J connectivity index is 2.06. The molecule has 0 saturated carbocycles. The molecule has 0 atom stereocenters. The first-order valence-electron chi connectivity index (χ1n) is 10.2. The third-order valence-corrected chi connectivity index (χ3v) is 5.00. The second kappa shape index (κ2) is 10.3. The molecule has 0 bridgehead atoms. The van der Waals surface area contributed by atoms with Crippen molar-refractivity contribution in [3.63, 3.8) is 0 Å². The number of hydrogen-bond acceptors (Lipinski definition) is 5. The smallest absolute Gasteiger partial charge is 0.344 e. The van der Waals surface area contributed by atoms with Crippen molar-refractivity contribution in [1.82, 2.24) is 0 Å². The number of rotatable bonds is 8. The second-order valence-electron chi connectivity index (χ2n) is 7.22. The van der Waals surface area contributed by atoms with Crippen molar-refractivity contribution < 1.29 is 32.2 Å². The summed E-state index contributed by atoms with van der Waals surface area (Å²) < 4.78 is 59.3. The van der Waals surface area contributed by atoms with Crippen molar-refractivity contribution in [3.05, 3.63) is 71.5 Å². The predicted octanol–water partition coefficient (Wildman–Crippen LogP) is 5.80. The first kappa shape index (κ1) is 24.0. The molecular weight excluding hydrogens is 435 g/mol. The molecule has 8 heteroatoms. The number of carbonyl (C=O) groups excluding carboxylic acids is 1. The number of methoxy groups -OCH3 is 1. The van der Waals surface area contributed by atoms with Crippen molar-refractivity contribution >= 4 is 17.3 Å². The first-order valence-corrected chi connectivity index (χ1v) is 10.2. The third-order valence-electron chi connectivity index (χ3n) is 5.00. The maximum Gasteiger partial charge on any atom is 0.344 e. The Morgan fingerprint density at radius 3 is 2.45 bits per heavy atom. The van der Waals surface area contributed by atoms with Gasteiger partial charge in [0.05, 0.1) is 19.4 Å². The van der Waals surface area contributed by atoms with E-state index in [0.717, 1.165) is 12.1 Å². The Bertz CT molecular complexity index is 1170. The number of halogens is 3. The molecule has 3 aromatic carbocycles. The summed E-state index contributed by atoms with van der Waals surface area (Å²) in [5, 5.41) is 0. The van der Waals surface area contributed by atoms with E-state index in [1.165, 1.54) is 31.2 Å². The van der Waals surface area contributed by atoms with Gasteiger partial charge in [-0.1, -0.05) is 12.1 Å². The summed E-state index contributed by atoms with van der Waals surface area (Å²) in [4.78, 5) is 12.8. The SMILES string of the molecule is CCOC(=O)COc1ccc(F)c(N(C)c2cc(-c3cccc(F)c3)cc(C)c2OC)c1F. The summed E-state index contributed by atoms with van der Waals surface area (Å²) in [6.07, 6.45) is 0. The van der Waals surface area contributed by atoms with Gasteiger partial charge in [-0.15, -0.1) is 0 Å². The van der Waals surface area contributed by atoms with Crippen molar-refractivity contribution in [1.29, 1.82) is 0 Å². The van der Waals surface area contributed by atoms with E-state index in [9.17, 15) is 13.6 Å². The predicted molar refractivity (Wildman–Crippen MR) is 120 cm³/mol. The van der Waals surface area contributed by atoms with Gasteiger partial charge in [-0.2, -0.15) is 0 Å². The maximum absolute atomic E-state index is 15.3. The van der Waals surface area contributed by atoms with Crippen LogP contribution in [0.5, 0.6) is 11.5 Å². The fourth-order valence-electron chi connectivity index (χ4n) is 3.51. The quantitative estimate of drug-likeness (QED) is 0.399. The van der Waals surface area contributed by atoms with Crippen LogP contribution in [0.15, 0.2) is 48.5 Å². The highest BCUT2D eigenvalue weighted by atomic mass is 19.1. The van der Waals surface area contributed by atoms with Gasteiger partial charge in [-0.05, 0) is 66.9 Å². The lowest BCUT2D eigenvalue weighted by molar-refractivity contribution is -0.145. The largest absolute Gasteiger partial charge is 0.494 e. The van der Waals surface area contributed by atoms with Crippen LogP contribution in [0, 0.1) is 24.4 Å². The number of hydrogen-bond donors (Lipinski definition) is 0. The summed E-state index contributed by atoms with van der Waals surface area (Å²) in [6, 6.07) is 11.6. The first-order chi connectivity index (χ1) is 15.8. The molecule has 3 rings (SSSR count). The molecule has 0 spiro atoms. The molecule has 0 aliphatic heterocycles. The van der Waals surface area contributed by atoms with Crippen LogP contribution < -0.4 is 14.4 Å². The van der Waals surface area contributed by atoms with Gasteiger partial charge in [0.15, 0.2) is 18.2 Å². The molecule has 174 valence electrons. The molecule has 5 nitrogen and oxygen atoms in total. The van der Waals surface area contributed by atoms with E-state index in [-0.39, 0.29) is 12.4 Å². The maximum atomic E-state index is 15.3. The van der Waals surface area contributed by atoms with Crippen molar-refractivity contribution in [2.75, 3.05) is 32.3 Å². The molecular formula is C25H24F3NO4. The summed E-state index contributed by atoms with van der Waals surface area (Å²) in [5.74, 6) is -2.81. The van der Waals surface area contributed by atoms with Crippen LogP contribution in [-0.2, 0) is 9.53 Å². The summed E-state index contributed by atoms with van der Waals surface area (Å²) in [7, 11) is 2.93. The molecule has 0 saturated heterocycles. The Morgan fingerprint density at radius 2 is 1.79 bits per heavy atom. The van der Waals surface area contributed by atoms with Crippen LogP contribution >= 0.6 is 0 Å². The number of nitrogens with zero attached hydrogens (tertiary/aromatic N) is 1. The standard InChI is InChI=1S/C25H24F3NO4/c1-5-32-22(30)14-33-21-10-9-19(27)24(23(21)28)29(3)20-13-17(11-15(2)25(20)31-4)16-7-6-8-18(26)12-16/h6-13H,5,14H2,1-4H3. The van der Waals surface area contributed by atoms with Gasteiger partial charge in [-0.3, -0.25) is 0 Å². The number of esters is 1. The zero-order valence-corrected chi connectivity index (χ0v) is 18.7. The van der Waals surface area contributed by atoms with E-state index in [2.05, 4.69) is 0 Å². The number of carbonyl (C=O) groups is 1. The average Bonchev–Trinajstić information content (AvgIpc) is 2.78. The lowest BCUT2D eigenvalue weighted by Gasteiger charge is -2.25. The molecule has 3 aromatic rings. The Labute approximate surface area is 190 Å². The van der Waals surface area contributed by atoms with Crippen molar-refractivity contribution in [2.24, 2.45) is 0 Å². The van der Waals surface area contributed by atoms with Gasteiger partial charge >= 0.3 is 5.97 Å².